The van der Waals surface area contributed by atoms with Gasteiger partial charge in [0.1, 0.15) is 11.5 Å². The molecule has 0 saturated carbocycles. The van der Waals surface area contributed by atoms with Crippen molar-refractivity contribution in [1.29, 1.82) is 0 Å². The fraction of sp³-hybridized carbons (Fsp3) is 0.556. The number of piperazine rings is 1. The number of likely N-dealkylation sites (N-methyl/N-ethyl adjacent to an activating group) is 1. The van der Waals surface area contributed by atoms with Gasteiger partial charge in [-0.1, -0.05) is 18.2 Å². The molecule has 2 saturated heterocycles. The molecule has 2 atom stereocenters. The van der Waals surface area contributed by atoms with Gasteiger partial charge < -0.3 is 30.3 Å². The Morgan fingerprint density at radius 3 is 2.42 bits per heavy atom. The molecular formula is C27H37F3N6O2. The van der Waals surface area contributed by atoms with E-state index in [4.69, 9.17) is 20.2 Å². The number of anilines is 1. The molecule has 0 radical (unpaired) electrons. The van der Waals surface area contributed by atoms with E-state index in [0.717, 1.165) is 43.5 Å². The quantitative estimate of drug-likeness (QED) is 0.346. The fourth-order valence-electron chi connectivity index (χ4n) is 4.65. The molecule has 8 nitrogen and oxygen atoms in total. The third-order valence-corrected chi connectivity index (χ3v) is 6.99. The van der Waals surface area contributed by atoms with Crippen LogP contribution in [0.25, 0.3) is 0 Å². The smallest absolute Gasteiger partial charge is 0.266 e. The molecular weight excluding hydrogens is 497 g/mol. The molecule has 0 spiro atoms. The first kappa shape index (κ1) is 28.1. The molecule has 0 bridgehead atoms. The number of halogens is 3. The Morgan fingerprint density at radius 2 is 1.82 bits per heavy atom. The van der Waals surface area contributed by atoms with Gasteiger partial charge in [-0.15, -0.1) is 0 Å². The highest BCUT2D eigenvalue weighted by Gasteiger charge is 2.27. The van der Waals surface area contributed by atoms with Crippen LogP contribution >= 0.6 is 0 Å². The van der Waals surface area contributed by atoms with Gasteiger partial charge in [0.2, 0.25) is 5.88 Å². The summed E-state index contributed by atoms with van der Waals surface area (Å²) in [5, 5.41) is 3.34. The van der Waals surface area contributed by atoms with Gasteiger partial charge in [-0.2, -0.15) is 4.98 Å². The number of amidine groups is 1. The summed E-state index contributed by atoms with van der Waals surface area (Å²) in [6.07, 6.45) is -2.89. The van der Waals surface area contributed by atoms with E-state index in [1.54, 1.807) is 13.8 Å². The minimum atomic E-state index is -2.89. The van der Waals surface area contributed by atoms with Gasteiger partial charge in [0, 0.05) is 55.3 Å². The number of nitrogens with zero attached hydrogens (tertiary/aromatic N) is 4. The number of alkyl halides is 2. The number of aliphatic imine (C=N–C) groups is 1. The van der Waals surface area contributed by atoms with Crippen LogP contribution < -0.4 is 20.7 Å². The average molecular weight is 535 g/mol. The largest absolute Gasteiger partial charge is 0.476 e. The molecule has 0 amide bonds. The maximum atomic E-state index is 14.8. The van der Waals surface area contributed by atoms with Crippen molar-refractivity contribution in [2.45, 2.75) is 39.3 Å². The average Bonchev–Trinajstić information content (AvgIpc) is 2.83. The molecule has 11 heteroatoms. The van der Waals surface area contributed by atoms with E-state index in [9.17, 15) is 13.2 Å². The molecule has 1 unspecified atom stereocenters. The number of rotatable bonds is 10. The highest BCUT2D eigenvalue weighted by atomic mass is 19.3. The Morgan fingerprint density at radius 1 is 1.16 bits per heavy atom. The van der Waals surface area contributed by atoms with Crippen LogP contribution in [0.1, 0.15) is 56.0 Å². The lowest BCUT2D eigenvalue weighted by molar-refractivity contribution is -0.0513. The number of nitrogens with two attached hydrogens (primary N) is 1. The van der Waals surface area contributed by atoms with Crippen molar-refractivity contribution in [3.8, 4) is 5.88 Å². The lowest BCUT2D eigenvalue weighted by atomic mass is 10.0. The van der Waals surface area contributed by atoms with Crippen LogP contribution in [0.15, 0.2) is 29.3 Å². The van der Waals surface area contributed by atoms with Crippen molar-refractivity contribution in [2.24, 2.45) is 16.6 Å². The first-order chi connectivity index (χ1) is 18.1. The number of pyridine rings is 1. The molecule has 1 aromatic heterocycles. The Balaban J connectivity index is 1.67. The number of hydrogen-bond acceptors (Lipinski definition) is 7. The number of hydrogen-bond donors (Lipinski definition) is 2. The van der Waals surface area contributed by atoms with E-state index < -0.39 is 23.8 Å². The van der Waals surface area contributed by atoms with Crippen LogP contribution in [0.3, 0.4) is 0 Å². The summed E-state index contributed by atoms with van der Waals surface area (Å²) in [6, 6.07) is 5.17. The summed E-state index contributed by atoms with van der Waals surface area (Å²) in [5.74, 6) is 0.643. The van der Waals surface area contributed by atoms with E-state index in [1.165, 1.54) is 12.1 Å². The minimum absolute atomic E-state index is 0.171. The van der Waals surface area contributed by atoms with Crippen LogP contribution in [-0.4, -0.2) is 68.8 Å². The zero-order valence-corrected chi connectivity index (χ0v) is 22.4. The third kappa shape index (κ3) is 6.57. The molecule has 2 aromatic rings. The van der Waals surface area contributed by atoms with Crippen molar-refractivity contribution in [3.05, 3.63) is 46.8 Å². The van der Waals surface area contributed by atoms with E-state index >= 15 is 0 Å². The third-order valence-electron chi connectivity index (χ3n) is 6.99. The molecule has 1 aromatic carbocycles. The van der Waals surface area contributed by atoms with Crippen LogP contribution in [0.4, 0.5) is 24.7 Å². The van der Waals surface area contributed by atoms with Crippen LogP contribution in [0.5, 0.6) is 5.88 Å². The normalized spacial score (nSPS) is 18.9. The highest BCUT2D eigenvalue weighted by molar-refractivity contribution is 5.81. The van der Waals surface area contributed by atoms with E-state index in [1.807, 2.05) is 13.0 Å². The summed E-state index contributed by atoms with van der Waals surface area (Å²) in [5.41, 5.74) is 7.12. The number of benzene rings is 1. The topological polar surface area (TPSA) is 88.2 Å². The van der Waals surface area contributed by atoms with Gasteiger partial charge in [0.25, 0.3) is 6.43 Å². The number of aromatic nitrogens is 1. The number of nitrogens with one attached hydrogen (secondary N) is 1. The maximum absolute atomic E-state index is 14.8. The predicted molar refractivity (Wildman–Crippen MR) is 142 cm³/mol. The lowest BCUT2D eigenvalue weighted by Crippen LogP contribution is -2.44. The predicted octanol–water partition coefficient (Wildman–Crippen LogP) is 4.36. The van der Waals surface area contributed by atoms with Gasteiger partial charge in [-0.05, 0) is 33.9 Å². The monoisotopic (exact) mass is 534 g/mol. The van der Waals surface area contributed by atoms with Crippen molar-refractivity contribution in [3.63, 3.8) is 0 Å². The molecule has 4 rings (SSSR count). The zero-order valence-electron chi connectivity index (χ0n) is 22.4. The molecule has 2 aliphatic rings. The van der Waals surface area contributed by atoms with Crippen molar-refractivity contribution >= 4 is 17.3 Å². The summed E-state index contributed by atoms with van der Waals surface area (Å²) < 4.78 is 52.9. The Kier molecular flexibility index (Phi) is 9.11. The Hall–Kier alpha value is -2.89. The molecule has 3 N–H and O–H groups in total. The van der Waals surface area contributed by atoms with Crippen molar-refractivity contribution in [2.75, 3.05) is 57.9 Å². The van der Waals surface area contributed by atoms with Crippen LogP contribution in [0.2, 0.25) is 0 Å². The summed E-state index contributed by atoms with van der Waals surface area (Å²) in [4.78, 5) is 13.8. The Bertz CT molecular complexity index is 1130. The second kappa shape index (κ2) is 12.3. The molecule has 0 aliphatic carbocycles. The Labute approximate surface area is 222 Å². The first-order valence-corrected chi connectivity index (χ1v) is 13.0. The summed E-state index contributed by atoms with van der Waals surface area (Å²) in [6.45, 7) is 10.6. The highest BCUT2D eigenvalue weighted by Crippen LogP contribution is 2.37. The van der Waals surface area contributed by atoms with Gasteiger partial charge in [-0.25, -0.2) is 18.2 Å². The van der Waals surface area contributed by atoms with E-state index in [-0.39, 0.29) is 11.6 Å². The SMILES string of the molecule is CC(N)=Nc1nc(OCC2COC2)c(N2CCN(C)CC2)cc1C(C)N[C@H](C)c1cccc(C(F)F)c1F. The lowest BCUT2D eigenvalue weighted by Gasteiger charge is -2.35. The molecule has 208 valence electrons. The minimum Gasteiger partial charge on any atom is -0.476 e. The first-order valence-electron chi connectivity index (χ1n) is 13.0. The summed E-state index contributed by atoms with van der Waals surface area (Å²) >= 11 is 0. The van der Waals surface area contributed by atoms with Crippen LogP contribution in [-0.2, 0) is 4.74 Å². The van der Waals surface area contributed by atoms with Gasteiger partial charge >= 0.3 is 0 Å². The van der Waals surface area contributed by atoms with Crippen molar-refractivity contribution < 1.29 is 22.6 Å². The molecule has 38 heavy (non-hydrogen) atoms. The fourth-order valence-corrected chi connectivity index (χ4v) is 4.65. The second-order valence-corrected chi connectivity index (χ2v) is 10.1. The molecule has 3 heterocycles. The van der Waals surface area contributed by atoms with Gasteiger partial charge in [0.15, 0.2) is 5.82 Å². The zero-order chi connectivity index (χ0) is 27.4. The van der Waals surface area contributed by atoms with E-state index in [2.05, 4.69) is 27.2 Å². The second-order valence-electron chi connectivity index (χ2n) is 10.1. The standard InChI is InChI=1S/C27H37F3N6O2/c1-16(20-6-5-7-21(24(20)28)25(29)30)32-17(2)22-12-23(36-10-8-35(4)9-11-36)27(34-26(22)33-18(3)31)38-15-19-13-37-14-19/h5-7,12,16-17,19,25,32H,8-11,13-15H2,1-4H3,(H2,31,33,34)/t16-,17?/m1/s1. The van der Waals surface area contributed by atoms with E-state index in [0.29, 0.717) is 43.3 Å². The summed E-state index contributed by atoms with van der Waals surface area (Å²) in [7, 11) is 2.09. The van der Waals surface area contributed by atoms with Gasteiger partial charge in [-0.3, -0.25) is 0 Å². The van der Waals surface area contributed by atoms with Crippen LogP contribution in [0, 0.1) is 11.7 Å². The molecule has 2 aliphatic heterocycles. The maximum Gasteiger partial charge on any atom is 0.266 e. The van der Waals surface area contributed by atoms with Gasteiger partial charge in [0.05, 0.1) is 31.2 Å². The van der Waals surface area contributed by atoms with Crippen molar-refractivity contribution in [1.82, 2.24) is 15.2 Å². The number of ether oxygens (including phenoxy) is 2. The molecule has 2 fully saturated rings.